The van der Waals surface area contributed by atoms with E-state index >= 15 is 0 Å². The quantitative estimate of drug-likeness (QED) is 0.838. The Labute approximate surface area is 158 Å². The highest BCUT2D eigenvalue weighted by Crippen LogP contribution is 2.43. The number of rotatable bonds is 5. The Bertz CT molecular complexity index is 828. The van der Waals surface area contributed by atoms with Crippen LogP contribution in [0.3, 0.4) is 0 Å². The number of methoxy groups -OCH3 is 3. The van der Waals surface area contributed by atoms with Crippen molar-refractivity contribution in [1.82, 2.24) is 0 Å². The van der Waals surface area contributed by atoms with E-state index in [1.54, 1.807) is 38.7 Å². The van der Waals surface area contributed by atoms with Crippen LogP contribution in [-0.4, -0.2) is 27.2 Å². The van der Waals surface area contributed by atoms with Gasteiger partial charge in [0.2, 0.25) is 0 Å². The molecular formula is C20H25NO4S. The van der Waals surface area contributed by atoms with E-state index < -0.39 is 0 Å². The van der Waals surface area contributed by atoms with Crippen molar-refractivity contribution < 1.29 is 19.0 Å². The minimum atomic E-state index is -0.109. The van der Waals surface area contributed by atoms with Crippen LogP contribution >= 0.6 is 11.3 Å². The summed E-state index contributed by atoms with van der Waals surface area (Å²) >= 11 is 1.68. The zero-order chi connectivity index (χ0) is 18.8. The lowest BCUT2D eigenvalue weighted by Gasteiger charge is -2.20. The number of nitrogens with one attached hydrogen (secondary N) is 1. The molecule has 1 aliphatic rings. The first-order valence-electron chi connectivity index (χ1n) is 8.70. The third-order valence-corrected chi connectivity index (χ3v) is 6.00. The molecule has 3 rings (SSSR count). The van der Waals surface area contributed by atoms with Crippen molar-refractivity contribution in [2.75, 3.05) is 26.6 Å². The Morgan fingerprint density at radius 2 is 1.92 bits per heavy atom. The average Bonchev–Trinajstić information content (AvgIpc) is 3.04. The van der Waals surface area contributed by atoms with Crippen LogP contribution in [0.2, 0.25) is 0 Å². The SMILES string of the molecule is COc1cc(NC(=O)c2csc3c2CC[C@H](C)C3)c(OC)c(C)c1OC. The lowest BCUT2D eigenvalue weighted by Crippen LogP contribution is -2.17. The van der Waals surface area contributed by atoms with Gasteiger partial charge in [0, 0.05) is 21.9 Å². The fourth-order valence-electron chi connectivity index (χ4n) is 3.57. The van der Waals surface area contributed by atoms with Crippen LogP contribution in [0, 0.1) is 12.8 Å². The maximum atomic E-state index is 12.9. The van der Waals surface area contributed by atoms with Gasteiger partial charge in [0.25, 0.3) is 5.91 Å². The van der Waals surface area contributed by atoms with Gasteiger partial charge in [-0.25, -0.2) is 0 Å². The summed E-state index contributed by atoms with van der Waals surface area (Å²) in [5, 5.41) is 4.97. The van der Waals surface area contributed by atoms with Gasteiger partial charge < -0.3 is 19.5 Å². The van der Waals surface area contributed by atoms with Gasteiger partial charge in [0.15, 0.2) is 11.5 Å². The highest BCUT2D eigenvalue weighted by molar-refractivity contribution is 7.10. The summed E-state index contributed by atoms with van der Waals surface area (Å²) < 4.78 is 16.3. The number of hydrogen-bond donors (Lipinski definition) is 1. The molecule has 1 heterocycles. The fourth-order valence-corrected chi connectivity index (χ4v) is 4.82. The number of thiophene rings is 1. The van der Waals surface area contributed by atoms with Gasteiger partial charge in [0.05, 0.1) is 32.6 Å². The molecule has 2 aromatic rings. The second-order valence-corrected chi connectivity index (χ2v) is 7.64. The standard InChI is InChI=1S/C20H25NO4S/c1-11-6-7-13-14(10-26-17(13)8-11)20(22)21-15-9-16(23-3)19(25-5)12(2)18(15)24-4/h9-11H,6-8H2,1-5H3,(H,21,22)/t11-/m0/s1. The van der Waals surface area contributed by atoms with Gasteiger partial charge in [-0.1, -0.05) is 6.92 Å². The molecule has 1 aliphatic carbocycles. The molecule has 5 nitrogen and oxygen atoms in total. The van der Waals surface area contributed by atoms with Crippen molar-refractivity contribution in [2.24, 2.45) is 5.92 Å². The number of carbonyl (C=O) groups is 1. The molecule has 1 aromatic carbocycles. The molecule has 0 aliphatic heterocycles. The van der Waals surface area contributed by atoms with Crippen LogP contribution in [0.25, 0.3) is 0 Å². The van der Waals surface area contributed by atoms with Gasteiger partial charge in [-0.3, -0.25) is 4.79 Å². The first-order chi connectivity index (χ1) is 12.5. The van der Waals surface area contributed by atoms with Gasteiger partial charge in [-0.15, -0.1) is 11.3 Å². The third kappa shape index (κ3) is 3.26. The fraction of sp³-hybridized carbons (Fsp3) is 0.450. The van der Waals surface area contributed by atoms with E-state index in [2.05, 4.69) is 12.2 Å². The molecule has 1 amide bonds. The molecular weight excluding hydrogens is 350 g/mol. The van der Waals surface area contributed by atoms with E-state index in [1.807, 2.05) is 12.3 Å². The van der Waals surface area contributed by atoms with Crippen LogP contribution in [0.15, 0.2) is 11.4 Å². The summed E-state index contributed by atoms with van der Waals surface area (Å²) in [6, 6.07) is 1.74. The maximum Gasteiger partial charge on any atom is 0.256 e. The molecule has 1 aromatic heterocycles. The van der Waals surface area contributed by atoms with Crippen molar-refractivity contribution in [1.29, 1.82) is 0 Å². The van der Waals surface area contributed by atoms with Gasteiger partial charge in [-0.05, 0) is 37.7 Å². The predicted octanol–water partition coefficient (Wildman–Crippen LogP) is 4.46. The average molecular weight is 375 g/mol. The summed E-state index contributed by atoms with van der Waals surface area (Å²) in [7, 11) is 4.74. The summed E-state index contributed by atoms with van der Waals surface area (Å²) in [5.41, 5.74) is 3.33. The number of benzene rings is 1. The highest BCUT2D eigenvalue weighted by Gasteiger charge is 2.25. The maximum absolute atomic E-state index is 12.9. The molecule has 0 saturated heterocycles. The van der Waals surface area contributed by atoms with E-state index in [0.29, 0.717) is 28.9 Å². The second kappa shape index (κ2) is 7.58. The number of carbonyl (C=O) groups excluding carboxylic acids is 1. The smallest absolute Gasteiger partial charge is 0.256 e. The number of anilines is 1. The summed E-state index contributed by atoms with van der Waals surface area (Å²) in [5.74, 6) is 2.31. The van der Waals surface area contributed by atoms with Crippen LogP contribution < -0.4 is 19.5 Å². The molecule has 140 valence electrons. The number of fused-ring (bicyclic) bond motifs is 1. The highest BCUT2D eigenvalue weighted by atomic mass is 32.1. The molecule has 1 N–H and O–H groups in total. The van der Waals surface area contributed by atoms with Crippen molar-refractivity contribution >= 4 is 22.9 Å². The summed E-state index contributed by atoms with van der Waals surface area (Å²) in [6.45, 7) is 4.14. The van der Waals surface area contributed by atoms with E-state index in [1.165, 1.54) is 10.4 Å². The van der Waals surface area contributed by atoms with E-state index in [0.717, 1.165) is 30.4 Å². The van der Waals surface area contributed by atoms with E-state index in [-0.39, 0.29) is 5.91 Å². The van der Waals surface area contributed by atoms with Gasteiger partial charge >= 0.3 is 0 Å². The first-order valence-corrected chi connectivity index (χ1v) is 9.58. The molecule has 0 unspecified atom stereocenters. The van der Waals surface area contributed by atoms with E-state index in [4.69, 9.17) is 14.2 Å². The topological polar surface area (TPSA) is 56.8 Å². The number of amides is 1. The Morgan fingerprint density at radius 3 is 2.58 bits per heavy atom. The largest absolute Gasteiger partial charge is 0.494 e. The van der Waals surface area contributed by atoms with Gasteiger partial charge in [-0.2, -0.15) is 0 Å². The molecule has 0 saturated carbocycles. The van der Waals surface area contributed by atoms with Crippen molar-refractivity contribution in [3.63, 3.8) is 0 Å². The number of hydrogen-bond acceptors (Lipinski definition) is 5. The molecule has 0 bridgehead atoms. The molecule has 0 fully saturated rings. The molecule has 6 heteroatoms. The monoisotopic (exact) mass is 375 g/mol. The zero-order valence-corrected chi connectivity index (χ0v) is 16.7. The number of ether oxygens (including phenoxy) is 3. The van der Waals surface area contributed by atoms with Crippen molar-refractivity contribution in [3.8, 4) is 17.2 Å². The van der Waals surface area contributed by atoms with Crippen LogP contribution in [-0.2, 0) is 12.8 Å². The van der Waals surface area contributed by atoms with Crippen LogP contribution in [0.5, 0.6) is 17.2 Å². The van der Waals surface area contributed by atoms with Gasteiger partial charge in [0.1, 0.15) is 5.75 Å². The first kappa shape index (κ1) is 18.6. The predicted molar refractivity (Wildman–Crippen MR) is 104 cm³/mol. The summed E-state index contributed by atoms with van der Waals surface area (Å²) in [6.07, 6.45) is 3.15. The summed E-state index contributed by atoms with van der Waals surface area (Å²) in [4.78, 5) is 14.3. The molecule has 26 heavy (non-hydrogen) atoms. The van der Waals surface area contributed by atoms with Crippen LogP contribution in [0.4, 0.5) is 5.69 Å². The normalized spacial score (nSPS) is 16.0. The van der Waals surface area contributed by atoms with E-state index in [9.17, 15) is 4.79 Å². The minimum absolute atomic E-state index is 0.109. The molecule has 0 radical (unpaired) electrons. The van der Waals surface area contributed by atoms with Crippen molar-refractivity contribution in [3.05, 3.63) is 33.0 Å². The molecule has 1 atom stereocenters. The Hall–Kier alpha value is -2.21. The van der Waals surface area contributed by atoms with Crippen LogP contribution in [0.1, 0.15) is 39.7 Å². The zero-order valence-electron chi connectivity index (χ0n) is 15.9. The third-order valence-electron chi connectivity index (χ3n) is 4.95. The minimum Gasteiger partial charge on any atom is -0.494 e. The lowest BCUT2D eigenvalue weighted by molar-refractivity contribution is 0.102. The molecule has 0 spiro atoms. The second-order valence-electron chi connectivity index (χ2n) is 6.67. The Balaban J connectivity index is 1.94. The Kier molecular flexibility index (Phi) is 5.41. The Morgan fingerprint density at radius 1 is 1.19 bits per heavy atom. The lowest BCUT2D eigenvalue weighted by atomic mass is 9.88. The van der Waals surface area contributed by atoms with Crippen molar-refractivity contribution in [2.45, 2.75) is 33.1 Å².